The average Bonchev–Trinajstić information content (AvgIpc) is 2.49. The lowest BCUT2D eigenvalue weighted by Gasteiger charge is -2.21. The Kier molecular flexibility index (Phi) is 5.48. The second-order valence-corrected chi connectivity index (χ2v) is 5.23. The summed E-state index contributed by atoms with van der Waals surface area (Å²) >= 11 is 0. The highest BCUT2D eigenvalue weighted by Crippen LogP contribution is 2.35. The monoisotopic (exact) mass is 362 g/mol. The van der Waals surface area contributed by atoms with E-state index >= 15 is 0 Å². The summed E-state index contributed by atoms with van der Waals surface area (Å²) in [5.41, 5.74) is -1.27. The summed E-state index contributed by atoms with van der Waals surface area (Å²) < 4.78 is 64.4. The molecule has 0 aromatic heterocycles. The van der Waals surface area contributed by atoms with Gasteiger partial charge in [-0.25, -0.2) is 13.6 Å². The number of anilines is 1. The van der Waals surface area contributed by atoms with Crippen LogP contribution < -0.4 is 10.6 Å². The van der Waals surface area contributed by atoms with Crippen LogP contribution in [0.1, 0.15) is 12.0 Å². The highest BCUT2D eigenvalue weighted by Gasteiger charge is 2.34. The van der Waals surface area contributed by atoms with Gasteiger partial charge >= 0.3 is 19.3 Å². The van der Waals surface area contributed by atoms with Gasteiger partial charge in [-0.2, -0.15) is 13.2 Å². The fraction of sp³-hybridized carbons (Fsp3) is 0.214. The Morgan fingerprint density at radius 1 is 1.12 bits per heavy atom. The number of carbonyl (C=O) groups is 1. The Labute approximate surface area is 139 Å². The summed E-state index contributed by atoms with van der Waals surface area (Å²) in [4.78, 5) is 11.8. The second kappa shape index (κ2) is 7.24. The van der Waals surface area contributed by atoms with Gasteiger partial charge < -0.3 is 20.7 Å². The summed E-state index contributed by atoms with van der Waals surface area (Å²) in [7, 11) is -2.08. The number of hydrogen-bond acceptors (Lipinski definition) is 3. The molecule has 1 unspecified atom stereocenters. The Morgan fingerprint density at radius 2 is 1.72 bits per heavy atom. The van der Waals surface area contributed by atoms with Crippen molar-refractivity contribution in [3.8, 4) is 0 Å². The van der Waals surface area contributed by atoms with E-state index in [9.17, 15) is 26.7 Å². The van der Waals surface area contributed by atoms with Gasteiger partial charge in [0.05, 0.1) is 17.1 Å². The topological polar surface area (TPSA) is 81.6 Å². The summed E-state index contributed by atoms with van der Waals surface area (Å²) in [5, 5.41) is 22.3. The van der Waals surface area contributed by atoms with Crippen molar-refractivity contribution < 1.29 is 36.8 Å². The molecule has 1 aliphatic rings. The molecule has 0 saturated carbocycles. The maximum Gasteiger partial charge on any atom is 0.462 e. The van der Waals surface area contributed by atoms with Crippen molar-refractivity contribution in [3.05, 3.63) is 53.3 Å². The number of halogens is 5. The van der Waals surface area contributed by atoms with E-state index in [1.54, 1.807) is 0 Å². The van der Waals surface area contributed by atoms with Crippen molar-refractivity contribution in [2.45, 2.75) is 18.4 Å². The molecule has 0 aliphatic heterocycles. The number of rotatable bonds is 3. The molecule has 4 N–H and O–H groups in total. The Bertz CT molecular complexity index is 716. The molecule has 25 heavy (non-hydrogen) atoms. The maximum atomic E-state index is 13.7. The van der Waals surface area contributed by atoms with E-state index in [1.807, 2.05) is 0 Å². The van der Waals surface area contributed by atoms with Gasteiger partial charge in [0.2, 0.25) is 0 Å². The van der Waals surface area contributed by atoms with Crippen molar-refractivity contribution in [2.24, 2.45) is 0 Å². The minimum atomic E-state index is -4.52. The summed E-state index contributed by atoms with van der Waals surface area (Å²) in [6.07, 6.45) is -4.61. The molecule has 1 atom stereocenters. The molecule has 134 valence electrons. The van der Waals surface area contributed by atoms with E-state index in [1.165, 1.54) is 0 Å². The molecule has 0 radical (unpaired) electrons. The molecule has 1 aromatic rings. The first kappa shape index (κ1) is 18.9. The predicted octanol–water partition coefficient (Wildman–Crippen LogP) is 3.11. The molecule has 11 heteroatoms. The fourth-order valence-corrected chi connectivity index (χ4v) is 2.13. The van der Waals surface area contributed by atoms with Crippen molar-refractivity contribution in [1.82, 2.24) is 5.32 Å². The quantitative estimate of drug-likeness (QED) is 0.493. The molecule has 0 bridgehead atoms. The van der Waals surface area contributed by atoms with E-state index in [-0.39, 0.29) is 11.4 Å². The largest absolute Gasteiger partial charge is 0.462 e. The van der Waals surface area contributed by atoms with Crippen LogP contribution in [0, 0.1) is 0 Å². The first-order valence-electron chi connectivity index (χ1n) is 6.95. The van der Waals surface area contributed by atoms with Crippen molar-refractivity contribution in [1.29, 1.82) is 0 Å². The standard InChI is InChI=1S/C14H12BF5N2O3/c16-10-6-11(17)12(5-9(10)15(24)25)22-13(23)21-8-3-1-7(2-4-8)14(18,19)20/h1-4,6,9,24-25H,5H2,(H2,21,22,23). The minimum Gasteiger partial charge on any atom is -0.427 e. The van der Waals surface area contributed by atoms with Crippen molar-refractivity contribution in [3.63, 3.8) is 0 Å². The van der Waals surface area contributed by atoms with Crippen LogP contribution >= 0.6 is 0 Å². The number of alkyl halides is 3. The number of carbonyl (C=O) groups excluding carboxylic acids is 1. The van der Waals surface area contributed by atoms with Crippen LogP contribution in [0.15, 0.2) is 47.7 Å². The lowest BCUT2D eigenvalue weighted by Crippen LogP contribution is -2.32. The third-order valence-corrected chi connectivity index (χ3v) is 3.43. The fourth-order valence-electron chi connectivity index (χ4n) is 2.13. The lowest BCUT2D eigenvalue weighted by atomic mass is 9.68. The Hall–Kier alpha value is -2.40. The van der Waals surface area contributed by atoms with Crippen LogP contribution in [0.5, 0.6) is 0 Å². The smallest absolute Gasteiger partial charge is 0.427 e. The van der Waals surface area contributed by atoms with Crippen LogP contribution in [0.2, 0.25) is 5.82 Å². The van der Waals surface area contributed by atoms with Gasteiger partial charge in [-0.05, 0) is 30.7 Å². The van der Waals surface area contributed by atoms with Crippen molar-refractivity contribution >= 4 is 18.8 Å². The van der Waals surface area contributed by atoms with E-state index in [0.29, 0.717) is 6.08 Å². The molecule has 2 amide bonds. The molecule has 0 saturated heterocycles. The zero-order valence-corrected chi connectivity index (χ0v) is 12.4. The molecule has 0 spiro atoms. The normalized spacial score (nSPS) is 17.9. The van der Waals surface area contributed by atoms with Gasteiger partial charge in [-0.3, -0.25) is 0 Å². The lowest BCUT2D eigenvalue weighted by molar-refractivity contribution is -0.137. The van der Waals surface area contributed by atoms with E-state index in [2.05, 4.69) is 10.6 Å². The average molecular weight is 362 g/mol. The first-order valence-corrected chi connectivity index (χ1v) is 6.95. The first-order chi connectivity index (χ1) is 11.6. The number of amides is 2. The highest BCUT2D eigenvalue weighted by molar-refractivity contribution is 6.44. The van der Waals surface area contributed by atoms with Gasteiger partial charge in [0, 0.05) is 11.8 Å². The maximum absolute atomic E-state index is 13.7. The summed E-state index contributed by atoms with van der Waals surface area (Å²) in [5.74, 6) is -3.61. The van der Waals surface area contributed by atoms with Crippen molar-refractivity contribution in [2.75, 3.05) is 5.32 Å². The molecule has 5 nitrogen and oxygen atoms in total. The number of urea groups is 1. The van der Waals surface area contributed by atoms with E-state index in [4.69, 9.17) is 10.0 Å². The molecular weight excluding hydrogens is 350 g/mol. The molecular formula is C14H12BF5N2O3. The second-order valence-electron chi connectivity index (χ2n) is 5.23. The van der Waals surface area contributed by atoms with Crippen LogP contribution in [0.25, 0.3) is 0 Å². The molecule has 1 aliphatic carbocycles. The highest BCUT2D eigenvalue weighted by atomic mass is 19.4. The Balaban J connectivity index is 2.04. The summed E-state index contributed by atoms with van der Waals surface area (Å²) in [6, 6.07) is 2.55. The van der Waals surface area contributed by atoms with E-state index < -0.39 is 48.8 Å². The predicted molar refractivity (Wildman–Crippen MR) is 79.5 cm³/mol. The minimum absolute atomic E-state index is 0.0165. The van der Waals surface area contributed by atoms with E-state index in [0.717, 1.165) is 24.3 Å². The van der Waals surface area contributed by atoms with Gasteiger partial charge in [0.15, 0.2) is 0 Å². The third kappa shape index (κ3) is 4.80. The summed E-state index contributed by atoms with van der Waals surface area (Å²) in [6.45, 7) is 0. The molecule has 0 heterocycles. The molecule has 0 fully saturated rings. The van der Waals surface area contributed by atoms with Gasteiger partial charge in [0.1, 0.15) is 11.7 Å². The SMILES string of the molecule is O=C(NC1=C(F)C=C(F)C(B(O)O)C1)Nc1ccc(C(F)(F)F)cc1. The van der Waals surface area contributed by atoms with Crippen LogP contribution in [0.4, 0.5) is 32.4 Å². The number of allylic oxidation sites excluding steroid dienone is 4. The number of benzene rings is 1. The molecule has 1 aromatic carbocycles. The van der Waals surface area contributed by atoms with Crippen LogP contribution in [0.3, 0.4) is 0 Å². The van der Waals surface area contributed by atoms with Gasteiger partial charge in [0.25, 0.3) is 0 Å². The zero-order valence-electron chi connectivity index (χ0n) is 12.4. The number of hydrogen-bond donors (Lipinski definition) is 4. The number of nitrogens with one attached hydrogen (secondary N) is 2. The molecule has 2 rings (SSSR count). The van der Waals surface area contributed by atoms with Crippen LogP contribution in [-0.2, 0) is 6.18 Å². The zero-order chi connectivity index (χ0) is 18.8. The van der Waals surface area contributed by atoms with Crippen LogP contribution in [-0.4, -0.2) is 23.2 Å². The van der Waals surface area contributed by atoms with Gasteiger partial charge in [-0.15, -0.1) is 0 Å². The van der Waals surface area contributed by atoms with Gasteiger partial charge in [-0.1, -0.05) is 0 Å². The Morgan fingerprint density at radius 3 is 2.24 bits per heavy atom. The third-order valence-electron chi connectivity index (χ3n) is 3.43.